The van der Waals surface area contributed by atoms with Crippen molar-refractivity contribution in [2.45, 2.75) is 30.8 Å². The fraction of sp³-hybridized carbons (Fsp3) is 0.222. The summed E-state index contributed by atoms with van der Waals surface area (Å²) in [6.07, 6.45) is 0.228. The molecule has 9 heteroatoms. The van der Waals surface area contributed by atoms with Crippen LogP contribution in [0.3, 0.4) is 0 Å². The fourth-order valence-corrected chi connectivity index (χ4v) is 5.75. The summed E-state index contributed by atoms with van der Waals surface area (Å²) in [6.45, 7) is 1.52. The van der Waals surface area contributed by atoms with Gasteiger partial charge in [-0.05, 0) is 30.2 Å². The third-order valence-electron chi connectivity index (χ3n) is 6.01. The molecule has 1 unspecified atom stereocenters. The molecule has 0 aromatic heterocycles. The molecule has 1 heterocycles. The van der Waals surface area contributed by atoms with E-state index in [1.54, 1.807) is 13.0 Å². The van der Waals surface area contributed by atoms with Crippen molar-refractivity contribution >= 4 is 27.7 Å². The zero-order valence-corrected chi connectivity index (χ0v) is 20.6. The van der Waals surface area contributed by atoms with Gasteiger partial charge in [-0.15, -0.1) is 0 Å². The highest BCUT2D eigenvalue weighted by Crippen LogP contribution is 2.30. The first-order valence-electron chi connectivity index (χ1n) is 11.6. The van der Waals surface area contributed by atoms with Gasteiger partial charge >= 0.3 is 0 Å². The molecule has 1 atom stereocenters. The van der Waals surface area contributed by atoms with Crippen molar-refractivity contribution in [3.63, 3.8) is 0 Å². The second-order valence-electron chi connectivity index (χ2n) is 8.42. The Kier molecular flexibility index (Phi) is 7.49. The number of benzene rings is 3. The Bertz CT molecular complexity index is 1360. The Morgan fingerprint density at radius 3 is 2.08 bits per heavy atom. The van der Waals surface area contributed by atoms with Gasteiger partial charge in [0, 0.05) is 19.5 Å². The maximum Gasteiger partial charge on any atom is 0.269 e. The fourth-order valence-electron chi connectivity index (χ4n) is 4.23. The van der Waals surface area contributed by atoms with Crippen LogP contribution in [0.5, 0.6) is 0 Å². The second kappa shape index (κ2) is 10.7. The molecule has 8 nitrogen and oxygen atoms in total. The maximum absolute atomic E-state index is 13.7. The number of sulfonamides is 1. The van der Waals surface area contributed by atoms with Gasteiger partial charge in [0.1, 0.15) is 17.5 Å². The molecule has 3 aromatic carbocycles. The third kappa shape index (κ3) is 5.16. The zero-order valence-electron chi connectivity index (χ0n) is 19.8. The van der Waals surface area contributed by atoms with E-state index in [9.17, 15) is 22.8 Å². The van der Waals surface area contributed by atoms with E-state index in [0.29, 0.717) is 10.8 Å². The number of nitrogens with one attached hydrogen (secondary N) is 1. The molecule has 0 saturated heterocycles. The predicted molar refractivity (Wildman–Crippen MR) is 134 cm³/mol. The van der Waals surface area contributed by atoms with Crippen LogP contribution in [-0.2, 0) is 32.6 Å². The molecule has 1 N–H and O–H groups in total. The highest BCUT2D eigenvalue weighted by atomic mass is 32.2. The van der Waals surface area contributed by atoms with Crippen molar-refractivity contribution in [1.29, 1.82) is 0 Å². The van der Waals surface area contributed by atoms with Crippen LogP contribution in [0.25, 0.3) is 0 Å². The Morgan fingerprint density at radius 1 is 0.889 bits per heavy atom. The van der Waals surface area contributed by atoms with E-state index < -0.39 is 34.4 Å². The van der Waals surface area contributed by atoms with Crippen LogP contribution in [0.15, 0.2) is 89.8 Å². The minimum absolute atomic E-state index is 0.0319. The first-order chi connectivity index (χ1) is 17.3. The SMILES string of the molecule is CCNC(=O)C(Cc1ccccc1)N(Cc1ccccc1)C(=O)CN1C(=O)c2ccccc2S1(=O)=O. The second-order valence-corrected chi connectivity index (χ2v) is 10.3. The van der Waals surface area contributed by atoms with Crippen LogP contribution in [0.4, 0.5) is 0 Å². The summed E-state index contributed by atoms with van der Waals surface area (Å²) in [4.78, 5) is 41.1. The van der Waals surface area contributed by atoms with Gasteiger partial charge in [0.05, 0.1) is 5.56 Å². The standard InChI is InChI=1S/C27H27N3O5S/c1-2-28-26(32)23(17-20-11-5-3-6-12-20)29(18-21-13-7-4-8-14-21)25(31)19-30-27(33)22-15-9-10-16-24(22)36(30,34)35/h3-16,23H,2,17-19H2,1H3,(H,28,32). The third-order valence-corrected chi connectivity index (χ3v) is 7.80. The van der Waals surface area contributed by atoms with Gasteiger partial charge in [0.2, 0.25) is 11.8 Å². The first-order valence-corrected chi connectivity index (χ1v) is 13.1. The average Bonchev–Trinajstić information content (AvgIpc) is 3.08. The first kappa shape index (κ1) is 25.1. The van der Waals surface area contributed by atoms with E-state index in [2.05, 4.69) is 5.32 Å². The van der Waals surface area contributed by atoms with Gasteiger partial charge in [0.15, 0.2) is 0 Å². The van der Waals surface area contributed by atoms with Crippen molar-refractivity contribution < 1.29 is 22.8 Å². The number of likely N-dealkylation sites (N-methyl/N-ethyl adjacent to an activating group) is 1. The largest absolute Gasteiger partial charge is 0.355 e. The lowest BCUT2D eigenvalue weighted by Gasteiger charge is -2.32. The van der Waals surface area contributed by atoms with Crippen LogP contribution in [0, 0.1) is 0 Å². The summed E-state index contributed by atoms with van der Waals surface area (Å²) in [6, 6.07) is 23.4. The van der Waals surface area contributed by atoms with Crippen LogP contribution in [0.2, 0.25) is 0 Å². The van der Waals surface area contributed by atoms with E-state index in [4.69, 9.17) is 0 Å². The Labute approximate surface area is 210 Å². The van der Waals surface area contributed by atoms with Gasteiger partial charge in [-0.25, -0.2) is 12.7 Å². The predicted octanol–water partition coefficient (Wildman–Crippen LogP) is 2.61. The number of hydrogen-bond acceptors (Lipinski definition) is 5. The normalized spacial score (nSPS) is 14.7. The van der Waals surface area contributed by atoms with Gasteiger partial charge < -0.3 is 10.2 Å². The van der Waals surface area contributed by atoms with E-state index in [0.717, 1.165) is 11.1 Å². The molecule has 0 spiro atoms. The molecule has 0 fully saturated rings. The Hall–Kier alpha value is -3.98. The number of hydrogen-bond donors (Lipinski definition) is 1. The number of carbonyl (C=O) groups is 3. The van der Waals surface area contributed by atoms with Crippen LogP contribution in [-0.4, -0.2) is 54.5 Å². The lowest BCUT2D eigenvalue weighted by molar-refractivity contribution is -0.141. The smallest absolute Gasteiger partial charge is 0.269 e. The molecular weight excluding hydrogens is 478 g/mol. The number of rotatable bonds is 9. The van der Waals surface area contributed by atoms with Gasteiger partial charge in [-0.1, -0.05) is 72.8 Å². The van der Waals surface area contributed by atoms with Crippen LogP contribution in [0.1, 0.15) is 28.4 Å². The van der Waals surface area contributed by atoms with E-state index in [-0.39, 0.29) is 29.3 Å². The Balaban J connectivity index is 1.69. The quantitative estimate of drug-likeness (QED) is 0.482. The lowest BCUT2D eigenvalue weighted by Crippen LogP contribution is -2.53. The molecule has 3 amide bonds. The van der Waals surface area contributed by atoms with E-state index in [1.807, 2.05) is 60.7 Å². The zero-order chi connectivity index (χ0) is 25.7. The van der Waals surface area contributed by atoms with Gasteiger partial charge in [-0.3, -0.25) is 14.4 Å². The highest BCUT2D eigenvalue weighted by Gasteiger charge is 2.43. The monoisotopic (exact) mass is 505 g/mol. The van der Waals surface area contributed by atoms with Crippen molar-refractivity contribution in [3.8, 4) is 0 Å². The van der Waals surface area contributed by atoms with Crippen LogP contribution < -0.4 is 5.32 Å². The van der Waals surface area contributed by atoms with Gasteiger partial charge in [0.25, 0.3) is 15.9 Å². The molecule has 0 aliphatic carbocycles. The summed E-state index contributed by atoms with van der Waals surface area (Å²) in [5.74, 6) is -1.75. The molecule has 1 aliphatic rings. The summed E-state index contributed by atoms with van der Waals surface area (Å²) < 4.78 is 26.7. The number of nitrogens with zero attached hydrogens (tertiary/aromatic N) is 2. The number of fused-ring (bicyclic) bond motifs is 1. The molecule has 3 aromatic rings. The minimum atomic E-state index is -4.18. The van der Waals surface area contributed by atoms with Crippen molar-refractivity contribution in [3.05, 3.63) is 102 Å². The van der Waals surface area contributed by atoms with Crippen molar-refractivity contribution in [1.82, 2.24) is 14.5 Å². The highest BCUT2D eigenvalue weighted by molar-refractivity contribution is 7.90. The molecule has 186 valence electrons. The molecule has 36 heavy (non-hydrogen) atoms. The van der Waals surface area contributed by atoms with Crippen molar-refractivity contribution in [2.75, 3.05) is 13.1 Å². The topological polar surface area (TPSA) is 104 Å². The average molecular weight is 506 g/mol. The maximum atomic E-state index is 13.7. The summed E-state index contributed by atoms with van der Waals surface area (Å²) in [5.41, 5.74) is 1.65. The summed E-state index contributed by atoms with van der Waals surface area (Å²) >= 11 is 0. The van der Waals surface area contributed by atoms with Gasteiger partial charge in [-0.2, -0.15) is 0 Å². The number of carbonyl (C=O) groups excluding carboxylic acids is 3. The molecule has 0 bridgehead atoms. The van der Waals surface area contributed by atoms with Crippen LogP contribution >= 0.6 is 0 Å². The lowest BCUT2D eigenvalue weighted by atomic mass is 10.0. The van der Waals surface area contributed by atoms with E-state index in [1.165, 1.54) is 23.1 Å². The Morgan fingerprint density at radius 2 is 1.47 bits per heavy atom. The summed E-state index contributed by atoms with van der Waals surface area (Å²) in [5, 5.41) is 2.79. The minimum Gasteiger partial charge on any atom is -0.355 e. The van der Waals surface area contributed by atoms with E-state index >= 15 is 0 Å². The molecule has 1 aliphatic heterocycles. The number of amides is 3. The van der Waals surface area contributed by atoms with Crippen molar-refractivity contribution in [2.24, 2.45) is 0 Å². The molecule has 0 radical (unpaired) electrons. The molecular formula is C27H27N3O5S. The molecule has 0 saturated carbocycles. The summed E-state index contributed by atoms with van der Waals surface area (Å²) in [7, 11) is -4.18. The molecule has 4 rings (SSSR count).